The number of hydrogen-bond donors (Lipinski definition) is 1. The molecule has 2 aliphatic rings. The zero-order valence-corrected chi connectivity index (χ0v) is 16.0. The van der Waals surface area contributed by atoms with Gasteiger partial charge in [-0.25, -0.2) is 8.42 Å². The van der Waals surface area contributed by atoms with Crippen LogP contribution in [0.5, 0.6) is 0 Å². The lowest BCUT2D eigenvalue weighted by Gasteiger charge is -2.33. The van der Waals surface area contributed by atoms with Crippen molar-refractivity contribution in [3.8, 4) is 0 Å². The Balaban J connectivity index is 1.72. The highest BCUT2D eigenvalue weighted by molar-refractivity contribution is 7.88. The minimum atomic E-state index is -3.31. The topological polar surface area (TPSA) is 69.7 Å². The third kappa shape index (κ3) is 5.70. The molecule has 1 atom stereocenters. The maximum Gasteiger partial charge on any atom is 0.238 e. The molecule has 140 valence electrons. The van der Waals surface area contributed by atoms with Crippen LogP contribution in [-0.4, -0.2) is 68.6 Å². The van der Waals surface area contributed by atoms with E-state index in [1.54, 1.807) is 0 Å². The van der Waals surface area contributed by atoms with Crippen molar-refractivity contribution < 1.29 is 13.2 Å². The minimum absolute atomic E-state index is 0.138. The summed E-state index contributed by atoms with van der Waals surface area (Å²) in [5.74, 6) is -0.138. The molecule has 0 aromatic carbocycles. The van der Waals surface area contributed by atoms with Gasteiger partial charge in [0.2, 0.25) is 15.9 Å². The van der Waals surface area contributed by atoms with Gasteiger partial charge in [0.15, 0.2) is 0 Å². The first-order valence-corrected chi connectivity index (χ1v) is 11.2. The van der Waals surface area contributed by atoms with Crippen molar-refractivity contribution in [2.24, 2.45) is 0 Å². The Bertz CT molecular complexity index is 503. The smallest absolute Gasteiger partial charge is 0.238 e. The molecule has 6 nitrogen and oxygen atoms in total. The van der Waals surface area contributed by atoms with E-state index in [1.807, 2.05) is 0 Å². The Morgan fingerprint density at radius 1 is 1.12 bits per heavy atom. The summed E-state index contributed by atoms with van der Waals surface area (Å²) >= 11 is 0. The molecule has 1 aliphatic carbocycles. The predicted octanol–water partition coefficient (Wildman–Crippen LogP) is 1.57. The molecule has 7 heteroatoms. The third-order valence-electron chi connectivity index (χ3n) is 5.37. The number of nitrogens with one attached hydrogen (secondary N) is 1. The first kappa shape index (κ1) is 19.7. The molecule has 2 fully saturated rings. The normalized spacial score (nSPS) is 24.2. The van der Waals surface area contributed by atoms with Crippen molar-refractivity contribution in [2.45, 2.75) is 69.9 Å². The largest absolute Gasteiger partial charge is 0.355 e. The van der Waals surface area contributed by atoms with Gasteiger partial charge in [-0.3, -0.25) is 4.79 Å². The number of sulfonamides is 1. The number of nitrogens with zero attached hydrogens (tertiary/aromatic N) is 2. The van der Waals surface area contributed by atoms with Gasteiger partial charge in [-0.05, 0) is 45.7 Å². The van der Waals surface area contributed by atoms with Crippen LogP contribution in [0, 0.1) is 0 Å². The lowest BCUT2D eigenvalue weighted by Crippen LogP contribution is -2.51. The van der Waals surface area contributed by atoms with Gasteiger partial charge in [0.1, 0.15) is 6.04 Å². The van der Waals surface area contributed by atoms with E-state index in [-0.39, 0.29) is 5.91 Å². The highest BCUT2D eigenvalue weighted by atomic mass is 32.2. The molecule has 0 aromatic rings. The molecule has 1 aliphatic heterocycles. The molecule has 24 heavy (non-hydrogen) atoms. The van der Waals surface area contributed by atoms with E-state index < -0.39 is 16.1 Å². The van der Waals surface area contributed by atoms with Crippen LogP contribution in [-0.2, 0) is 14.8 Å². The molecule has 1 N–H and O–H groups in total. The van der Waals surface area contributed by atoms with Crippen molar-refractivity contribution in [3.05, 3.63) is 0 Å². The second-order valence-electron chi connectivity index (χ2n) is 7.30. The van der Waals surface area contributed by atoms with Crippen molar-refractivity contribution >= 4 is 15.9 Å². The summed E-state index contributed by atoms with van der Waals surface area (Å²) < 4.78 is 25.0. The molecule has 1 amide bonds. The van der Waals surface area contributed by atoms with Gasteiger partial charge in [0, 0.05) is 19.1 Å². The second-order valence-corrected chi connectivity index (χ2v) is 9.24. The molecular formula is C17H33N3O3S. The van der Waals surface area contributed by atoms with Crippen LogP contribution in [0.4, 0.5) is 0 Å². The Kier molecular flexibility index (Phi) is 7.50. The Morgan fingerprint density at radius 2 is 1.79 bits per heavy atom. The van der Waals surface area contributed by atoms with Gasteiger partial charge in [-0.2, -0.15) is 4.31 Å². The average molecular weight is 360 g/mol. The molecule has 2 rings (SSSR count). The van der Waals surface area contributed by atoms with Crippen molar-refractivity contribution in [3.63, 3.8) is 0 Å². The lowest BCUT2D eigenvalue weighted by molar-refractivity contribution is -0.125. The molecule has 0 spiro atoms. The van der Waals surface area contributed by atoms with Crippen molar-refractivity contribution in [1.82, 2.24) is 14.5 Å². The van der Waals surface area contributed by atoms with Gasteiger partial charge in [0.05, 0.1) is 6.26 Å². The van der Waals surface area contributed by atoms with E-state index in [9.17, 15) is 13.2 Å². The fourth-order valence-corrected chi connectivity index (χ4v) is 5.05. The highest BCUT2D eigenvalue weighted by Crippen LogP contribution is 2.22. The average Bonchev–Trinajstić information content (AvgIpc) is 2.58. The van der Waals surface area contributed by atoms with E-state index >= 15 is 0 Å². The maximum absolute atomic E-state index is 12.4. The van der Waals surface area contributed by atoms with Crippen molar-refractivity contribution in [1.29, 1.82) is 0 Å². The van der Waals surface area contributed by atoms with Crippen LogP contribution in [0.15, 0.2) is 0 Å². The molecule has 0 bridgehead atoms. The van der Waals surface area contributed by atoms with Gasteiger partial charge in [0.25, 0.3) is 0 Å². The van der Waals surface area contributed by atoms with Gasteiger partial charge in [-0.15, -0.1) is 0 Å². The zero-order valence-electron chi connectivity index (χ0n) is 15.2. The van der Waals surface area contributed by atoms with Crippen LogP contribution in [0.1, 0.15) is 57.8 Å². The van der Waals surface area contributed by atoms with E-state index in [0.29, 0.717) is 25.6 Å². The Hall–Kier alpha value is -0.660. The fraction of sp³-hybridized carbons (Fsp3) is 0.941. The van der Waals surface area contributed by atoms with E-state index in [0.717, 1.165) is 25.8 Å². The SMILES string of the molecule is CN(CCCNC(=O)C1CCCCN1S(C)(=O)=O)C1CCCCC1. The van der Waals surface area contributed by atoms with Gasteiger partial charge in [-0.1, -0.05) is 25.7 Å². The number of piperidine rings is 1. The minimum Gasteiger partial charge on any atom is -0.355 e. The summed E-state index contributed by atoms with van der Waals surface area (Å²) in [5.41, 5.74) is 0. The first-order chi connectivity index (χ1) is 11.4. The summed E-state index contributed by atoms with van der Waals surface area (Å²) in [6, 6.07) is 0.165. The number of rotatable bonds is 7. The number of carbonyl (C=O) groups is 1. The van der Waals surface area contributed by atoms with E-state index in [4.69, 9.17) is 0 Å². The Labute approximate surface area is 147 Å². The summed E-state index contributed by atoms with van der Waals surface area (Å²) in [5, 5.41) is 2.94. The van der Waals surface area contributed by atoms with Crippen LogP contribution >= 0.6 is 0 Å². The second kappa shape index (κ2) is 9.15. The molecule has 0 radical (unpaired) electrons. The molecule has 1 saturated heterocycles. The zero-order chi connectivity index (χ0) is 17.6. The van der Waals surface area contributed by atoms with Crippen LogP contribution in [0.25, 0.3) is 0 Å². The van der Waals surface area contributed by atoms with Gasteiger partial charge >= 0.3 is 0 Å². The van der Waals surface area contributed by atoms with Gasteiger partial charge < -0.3 is 10.2 Å². The number of carbonyl (C=O) groups excluding carboxylic acids is 1. The highest BCUT2D eigenvalue weighted by Gasteiger charge is 2.34. The van der Waals surface area contributed by atoms with E-state index in [2.05, 4.69) is 17.3 Å². The fourth-order valence-electron chi connectivity index (χ4n) is 3.93. The predicted molar refractivity (Wildman–Crippen MR) is 96.3 cm³/mol. The first-order valence-electron chi connectivity index (χ1n) is 9.34. The number of amides is 1. The van der Waals surface area contributed by atoms with Crippen molar-refractivity contribution in [2.75, 3.05) is 32.9 Å². The monoisotopic (exact) mass is 359 g/mol. The molecular weight excluding hydrogens is 326 g/mol. The molecule has 0 aromatic heterocycles. The maximum atomic E-state index is 12.4. The quantitative estimate of drug-likeness (QED) is 0.701. The molecule has 1 heterocycles. The van der Waals surface area contributed by atoms with E-state index in [1.165, 1.54) is 42.7 Å². The lowest BCUT2D eigenvalue weighted by atomic mass is 9.94. The Morgan fingerprint density at radius 3 is 2.46 bits per heavy atom. The number of hydrogen-bond acceptors (Lipinski definition) is 4. The summed E-state index contributed by atoms with van der Waals surface area (Å²) in [4.78, 5) is 14.8. The summed E-state index contributed by atoms with van der Waals surface area (Å²) in [6.07, 6.45) is 11.1. The van der Waals surface area contributed by atoms with Crippen LogP contribution in [0.2, 0.25) is 0 Å². The standard InChI is InChI=1S/C17H33N3O3S/c1-19(15-9-4-3-5-10-15)13-8-12-18-17(21)16-11-6-7-14-20(16)24(2,22)23/h15-16H,3-14H2,1-2H3,(H,18,21). The third-order valence-corrected chi connectivity index (χ3v) is 6.66. The summed E-state index contributed by atoms with van der Waals surface area (Å²) in [6.45, 7) is 2.05. The summed E-state index contributed by atoms with van der Waals surface area (Å²) in [7, 11) is -1.14. The molecule has 1 saturated carbocycles. The molecule has 1 unspecified atom stereocenters. The van der Waals surface area contributed by atoms with Crippen LogP contribution < -0.4 is 5.32 Å². The van der Waals surface area contributed by atoms with Crippen LogP contribution in [0.3, 0.4) is 0 Å².